The van der Waals surface area contributed by atoms with E-state index in [1.807, 2.05) is 24.3 Å². The number of benzene rings is 2. The molecule has 1 aromatic heterocycles. The maximum atomic E-state index is 13.0. The van der Waals surface area contributed by atoms with Crippen LogP contribution in [-0.4, -0.2) is 24.0 Å². The summed E-state index contributed by atoms with van der Waals surface area (Å²) in [6.45, 7) is 4.12. The first-order chi connectivity index (χ1) is 13.5. The Morgan fingerprint density at radius 1 is 1.07 bits per heavy atom. The van der Waals surface area contributed by atoms with E-state index < -0.39 is 6.04 Å². The molecule has 140 valence electrons. The molecule has 0 fully saturated rings. The van der Waals surface area contributed by atoms with E-state index in [0.717, 1.165) is 33.6 Å². The van der Waals surface area contributed by atoms with Gasteiger partial charge in [-0.25, -0.2) is 0 Å². The largest absolute Gasteiger partial charge is 0.373 e. The smallest absolute Gasteiger partial charge is 0.249 e. The molecule has 4 rings (SSSR count). The van der Waals surface area contributed by atoms with E-state index >= 15 is 0 Å². The topological polar surface area (TPSA) is 45.2 Å². The fraction of sp³-hybridized carbons (Fsp3) is 0.130. The molecule has 1 aliphatic heterocycles. The lowest BCUT2D eigenvalue weighted by Crippen LogP contribution is -2.43. The first-order valence-corrected chi connectivity index (χ1v) is 9.43. The Bertz CT molecular complexity index is 1030. The molecule has 28 heavy (non-hydrogen) atoms. The molecular formula is C23H20ClN3O. The maximum absolute atomic E-state index is 13.0. The van der Waals surface area contributed by atoms with Crippen LogP contribution in [0.3, 0.4) is 0 Å². The van der Waals surface area contributed by atoms with Gasteiger partial charge in [0.1, 0.15) is 6.04 Å². The maximum Gasteiger partial charge on any atom is 0.249 e. The second-order valence-electron chi connectivity index (χ2n) is 6.87. The summed E-state index contributed by atoms with van der Waals surface area (Å²) < 4.78 is 0. The molecule has 1 N–H and O–H groups in total. The van der Waals surface area contributed by atoms with Gasteiger partial charge in [0, 0.05) is 42.1 Å². The SMILES string of the molecule is C=C1NC(Cc2ccc(-c3ccncc3)cc2)C(=O)N(C)c2cc(Cl)ccc21. The summed E-state index contributed by atoms with van der Waals surface area (Å²) in [5, 5.41) is 3.89. The van der Waals surface area contributed by atoms with Crippen LogP contribution in [0.1, 0.15) is 11.1 Å². The monoisotopic (exact) mass is 389 g/mol. The molecule has 0 saturated heterocycles. The van der Waals surface area contributed by atoms with Crippen LogP contribution < -0.4 is 10.2 Å². The van der Waals surface area contributed by atoms with Crippen molar-refractivity contribution in [2.75, 3.05) is 11.9 Å². The van der Waals surface area contributed by atoms with E-state index in [4.69, 9.17) is 11.6 Å². The number of halogens is 1. The molecule has 1 aliphatic rings. The summed E-state index contributed by atoms with van der Waals surface area (Å²) >= 11 is 6.13. The Balaban J connectivity index is 1.57. The number of fused-ring (bicyclic) bond motifs is 1. The van der Waals surface area contributed by atoms with Crippen molar-refractivity contribution in [3.05, 3.63) is 89.7 Å². The van der Waals surface area contributed by atoms with Gasteiger partial charge in [-0.15, -0.1) is 0 Å². The van der Waals surface area contributed by atoms with Crippen molar-refractivity contribution in [1.29, 1.82) is 0 Å². The summed E-state index contributed by atoms with van der Waals surface area (Å²) in [7, 11) is 1.78. The van der Waals surface area contributed by atoms with Crippen LogP contribution in [0.25, 0.3) is 16.8 Å². The second kappa shape index (κ2) is 7.49. The molecule has 0 aliphatic carbocycles. The predicted molar refractivity (Wildman–Crippen MR) is 114 cm³/mol. The summed E-state index contributed by atoms with van der Waals surface area (Å²) in [5.74, 6) is -0.0135. The first-order valence-electron chi connectivity index (χ1n) is 9.05. The van der Waals surface area contributed by atoms with Gasteiger partial charge >= 0.3 is 0 Å². The van der Waals surface area contributed by atoms with Crippen molar-refractivity contribution in [3.8, 4) is 11.1 Å². The Morgan fingerprint density at radius 2 is 1.75 bits per heavy atom. The molecule has 2 aromatic carbocycles. The number of nitrogens with zero attached hydrogens (tertiary/aromatic N) is 2. The minimum absolute atomic E-state index is 0.0135. The van der Waals surface area contributed by atoms with Gasteiger partial charge in [0.15, 0.2) is 0 Å². The molecule has 3 aromatic rings. The average Bonchev–Trinajstić information content (AvgIpc) is 2.80. The molecule has 5 heteroatoms. The van der Waals surface area contributed by atoms with Crippen LogP contribution in [0.15, 0.2) is 73.6 Å². The third-order valence-corrected chi connectivity index (χ3v) is 5.27. The Kier molecular flexibility index (Phi) is 4.88. The molecule has 0 bridgehead atoms. The van der Waals surface area contributed by atoms with Gasteiger partial charge in [0.05, 0.1) is 5.69 Å². The number of pyridine rings is 1. The molecule has 0 spiro atoms. The number of hydrogen-bond donors (Lipinski definition) is 1. The number of likely N-dealkylation sites (N-methyl/N-ethyl adjacent to an activating group) is 1. The standard InChI is InChI=1S/C23H20ClN3O/c1-15-20-8-7-19(24)14-22(20)27(2)23(28)21(26-15)13-16-3-5-17(6-4-16)18-9-11-25-12-10-18/h3-12,14,21,26H,1,13H2,2H3. The van der Waals surface area contributed by atoms with E-state index in [1.54, 1.807) is 30.4 Å². The fourth-order valence-electron chi connectivity index (χ4n) is 3.49. The molecule has 1 atom stereocenters. The Hall–Kier alpha value is -3.11. The van der Waals surface area contributed by atoms with Gasteiger partial charge in [-0.3, -0.25) is 9.78 Å². The molecule has 0 radical (unpaired) electrons. The highest BCUT2D eigenvalue weighted by atomic mass is 35.5. The third-order valence-electron chi connectivity index (χ3n) is 5.03. The number of aromatic nitrogens is 1. The lowest BCUT2D eigenvalue weighted by molar-refractivity contribution is -0.119. The third kappa shape index (κ3) is 3.51. The van der Waals surface area contributed by atoms with Gasteiger partial charge in [0.2, 0.25) is 5.91 Å². The predicted octanol–water partition coefficient (Wildman–Crippen LogP) is 4.55. The van der Waals surface area contributed by atoms with E-state index in [1.165, 1.54) is 0 Å². The highest BCUT2D eigenvalue weighted by molar-refractivity contribution is 6.31. The lowest BCUT2D eigenvalue weighted by Gasteiger charge is -2.21. The highest BCUT2D eigenvalue weighted by Gasteiger charge is 2.29. The Labute approximate surface area is 169 Å². The van der Waals surface area contributed by atoms with Gasteiger partial charge in [-0.1, -0.05) is 42.4 Å². The van der Waals surface area contributed by atoms with E-state index in [0.29, 0.717) is 11.4 Å². The molecule has 1 unspecified atom stereocenters. The van der Waals surface area contributed by atoms with Gasteiger partial charge in [-0.05, 0) is 47.0 Å². The molecule has 1 amide bonds. The molecular weight excluding hydrogens is 370 g/mol. The number of carbonyl (C=O) groups is 1. The lowest BCUT2D eigenvalue weighted by atomic mass is 10.0. The number of amides is 1. The molecule has 0 saturated carbocycles. The summed E-state index contributed by atoms with van der Waals surface area (Å²) in [5.41, 5.74) is 5.69. The second-order valence-corrected chi connectivity index (χ2v) is 7.31. The summed E-state index contributed by atoms with van der Waals surface area (Å²) in [4.78, 5) is 18.7. The van der Waals surface area contributed by atoms with Gasteiger partial charge < -0.3 is 10.2 Å². The number of anilines is 1. The van der Waals surface area contributed by atoms with Crippen molar-refractivity contribution < 1.29 is 4.79 Å². The van der Waals surface area contributed by atoms with Crippen LogP contribution in [0.2, 0.25) is 5.02 Å². The quantitative estimate of drug-likeness (QED) is 0.714. The normalized spacial score (nSPS) is 16.4. The summed E-state index contributed by atoms with van der Waals surface area (Å²) in [6, 6.07) is 17.3. The zero-order chi connectivity index (χ0) is 19.7. The fourth-order valence-corrected chi connectivity index (χ4v) is 3.66. The van der Waals surface area contributed by atoms with Crippen LogP contribution >= 0.6 is 11.6 Å². The van der Waals surface area contributed by atoms with Crippen LogP contribution in [0.4, 0.5) is 5.69 Å². The van der Waals surface area contributed by atoms with Crippen LogP contribution in [0, 0.1) is 0 Å². The van der Waals surface area contributed by atoms with E-state index in [9.17, 15) is 4.79 Å². The zero-order valence-corrected chi connectivity index (χ0v) is 16.3. The molecule has 4 nitrogen and oxygen atoms in total. The highest BCUT2D eigenvalue weighted by Crippen LogP contribution is 2.31. The van der Waals surface area contributed by atoms with E-state index in [2.05, 4.69) is 41.1 Å². The van der Waals surface area contributed by atoms with Crippen LogP contribution in [0.5, 0.6) is 0 Å². The number of nitrogens with one attached hydrogen (secondary N) is 1. The number of carbonyl (C=O) groups excluding carboxylic acids is 1. The van der Waals surface area contributed by atoms with E-state index in [-0.39, 0.29) is 5.91 Å². The van der Waals surface area contributed by atoms with Gasteiger partial charge in [-0.2, -0.15) is 0 Å². The molecule has 2 heterocycles. The van der Waals surface area contributed by atoms with Crippen molar-refractivity contribution in [1.82, 2.24) is 10.3 Å². The number of rotatable bonds is 3. The van der Waals surface area contributed by atoms with Crippen LogP contribution in [-0.2, 0) is 11.2 Å². The van der Waals surface area contributed by atoms with Crippen molar-refractivity contribution in [2.24, 2.45) is 0 Å². The van der Waals surface area contributed by atoms with Crippen molar-refractivity contribution in [2.45, 2.75) is 12.5 Å². The number of hydrogen-bond acceptors (Lipinski definition) is 3. The minimum atomic E-state index is -0.393. The average molecular weight is 390 g/mol. The first kappa shape index (κ1) is 18.3. The van der Waals surface area contributed by atoms with Gasteiger partial charge in [0.25, 0.3) is 0 Å². The summed E-state index contributed by atoms with van der Waals surface area (Å²) in [6.07, 6.45) is 4.13. The zero-order valence-electron chi connectivity index (χ0n) is 15.5. The Morgan fingerprint density at radius 3 is 2.46 bits per heavy atom. The van der Waals surface area contributed by atoms with Crippen molar-refractivity contribution >= 4 is 28.9 Å². The minimum Gasteiger partial charge on any atom is -0.373 e. The van der Waals surface area contributed by atoms with Crippen molar-refractivity contribution in [3.63, 3.8) is 0 Å².